The van der Waals surface area contributed by atoms with Crippen molar-refractivity contribution in [2.75, 3.05) is 0 Å². The normalized spacial score (nSPS) is 12.5. The van der Waals surface area contributed by atoms with Crippen molar-refractivity contribution >= 4 is 16.2 Å². The van der Waals surface area contributed by atoms with E-state index in [-0.39, 0.29) is 10.8 Å². The molecular weight excluding hydrogens is 210 g/mol. The van der Waals surface area contributed by atoms with Crippen LogP contribution in [0.4, 0.5) is 0 Å². The molecule has 3 nitrogen and oxygen atoms in total. The maximum atomic E-state index is 11.7. The summed E-state index contributed by atoms with van der Waals surface area (Å²) in [7, 11) is -3.50. The van der Waals surface area contributed by atoms with Crippen LogP contribution in [0.3, 0.4) is 0 Å². The molecule has 0 saturated carbocycles. The van der Waals surface area contributed by atoms with Gasteiger partial charge in [0, 0.05) is 6.21 Å². The second-order valence-electron chi connectivity index (χ2n) is 3.79. The average Bonchev–Trinajstić information content (AvgIpc) is 2.16. The molecule has 0 amide bonds. The third-order valence-electron chi connectivity index (χ3n) is 1.82. The molecule has 1 aromatic rings. The zero-order valence-electron chi connectivity index (χ0n) is 9.14. The highest BCUT2D eigenvalue weighted by Gasteiger charge is 2.10. The molecule has 1 rings (SSSR count). The monoisotopic (exact) mass is 225 g/mol. The summed E-state index contributed by atoms with van der Waals surface area (Å²) in [5.41, 5.74) is 1.03. The van der Waals surface area contributed by atoms with Gasteiger partial charge in [0.15, 0.2) is 0 Å². The van der Waals surface area contributed by atoms with Gasteiger partial charge in [-0.1, -0.05) is 31.5 Å². The summed E-state index contributed by atoms with van der Waals surface area (Å²) in [4.78, 5) is 0.241. The molecule has 0 aliphatic heterocycles. The largest absolute Gasteiger partial charge is 0.281 e. The van der Waals surface area contributed by atoms with Crippen LogP contribution in [0, 0.1) is 12.8 Å². The summed E-state index contributed by atoms with van der Waals surface area (Å²) in [6, 6.07) is 6.67. The summed E-state index contributed by atoms with van der Waals surface area (Å²) in [5.74, 6) is 0.130. The van der Waals surface area contributed by atoms with E-state index in [1.165, 1.54) is 6.21 Å². The Hall–Kier alpha value is -1.16. The molecule has 0 aromatic heterocycles. The molecule has 0 N–H and O–H groups in total. The second-order valence-corrected chi connectivity index (χ2v) is 5.42. The van der Waals surface area contributed by atoms with Crippen molar-refractivity contribution < 1.29 is 8.42 Å². The van der Waals surface area contributed by atoms with Crippen LogP contribution in [0.2, 0.25) is 0 Å². The van der Waals surface area contributed by atoms with Crippen LogP contribution in [-0.4, -0.2) is 14.6 Å². The number of benzene rings is 1. The standard InChI is InChI=1S/C11H15NO2S/c1-9(2)8-12-15(13,14)11-6-4-10(3)5-7-11/h4-9H,1-3H3. The van der Waals surface area contributed by atoms with Crippen molar-refractivity contribution in [2.45, 2.75) is 25.7 Å². The first-order valence-corrected chi connectivity index (χ1v) is 6.23. The average molecular weight is 225 g/mol. The Balaban J connectivity index is 3.02. The number of nitrogens with zero attached hydrogens (tertiary/aromatic N) is 1. The lowest BCUT2D eigenvalue weighted by molar-refractivity contribution is 0.598. The smallest absolute Gasteiger partial charge is 0.199 e. The van der Waals surface area contributed by atoms with Crippen molar-refractivity contribution in [2.24, 2.45) is 10.3 Å². The lowest BCUT2D eigenvalue weighted by Gasteiger charge is -1.99. The van der Waals surface area contributed by atoms with Crippen LogP contribution in [0.15, 0.2) is 33.6 Å². The van der Waals surface area contributed by atoms with Crippen molar-refractivity contribution in [1.29, 1.82) is 0 Å². The Labute approximate surface area is 90.9 Å². The van der Waals surface area contributed by atoms with Gasteiger partial charge in [0.1, 0.15) is 0 Å². The van der Waals surface area contributed by atoms with Crippen LogP contribution >= 0.6 is 0 Å². The lowest BCUT2D eigenvalue weighted by Crippen LogP contribution is -1.99. The second kappa shape index (κ2) is 4.57. The highest BCUT2D eigenvalue weighted by atomic mass is 32.2. The Kier molecular flexibility index (Phi) is 3.63. The number of hydrogen-bond acceptors (Lipinski definition) is 2. The van der Waals surface area contributed by atoms with Gasteiger partial charge in [0.05, 0.1) is 4.90 Å². The number of sulfonamides is 1. The maximum Gasteiger partial charge on any atom is 0.281 e. The predicted octanol–water partition coefficient (Wildman–Crippen LogP) is 2.41. The van der Waals surface area contributed by atoms with Crippen molar-refractivity contribution in [3.05, 3.63) is 29.8 Å². The van der Waals surface area contributed by atoms with Crippen LogP contribution < -0.4 is 0 Å². The summed E-state index contributed by atoms with van der Waals surface area (Å²) in [5, 5.41) is 0. The predicted molar refractivity (Wildman–Crippen MR) is 61.7 cm³/mol. The molecule has 82 valence electrons. The topological polar surface area (TPSA) is 46.5 Å². The molecule has 15 heavy (non-hydrogen) atoms. The van der Waals surface area contributed by atoms with E-state index in [2.05, 4.69) is 4.40 Å². The zero-order chi connectivity index (χ0) is 11.5. The van der Waals surface area contributed by atoms with E-state index >= 15 is 0 Å². The van der Waals surface area contributed by atoms with E-state index in [1.807, 2.05) is 20.8 Å². The molecule has 0 aliphatic rings. The molecule has 0 radical (unpaired) electrons. The Morgan fingerprint density at radius 1 is 1.20 bits per heavy atom. The van der Waals surface area contributed by atoms with Gasteiger partial charge in [-0.3, -0.25) is 0 Å². The summed E-state index contributed by atoms with van der Waals surface area (Å²) in [6.45, 7) is 5.68. The van der Waals surface area contributed by atoms with E-state index in [0.717, 1.165) is 5.56 Å². The van der Waals surface area contributed by atoms with E-state index < -0.39 is 10.0 Å². The van der Waals surface area contributed by atoms with E-state index in [1.54, 1.807) is 24.3 Å². The molecule has 0 saturated heterocycles. The van der Waals surface area contributed by atoms with Gasteiger partial charge < -0.3 is 0 Å². The zero-order valence-corrected chi connectivity index (χ0v) is 9.95. The van der Waals surface area contributed by atoms with E-state index in [0.29, 0.717) is 0 Å². The van der Waals surface area contributed by atoms with E-state index in [9.17, 15) is 8.42 Å². The fourth-order valence-corrected chi connectivity index (χ4v) is 1.98. The van der Waals surface area contributed by atoms with Gasteiger partial charge in [-0.2, -0.15) is 12.8 Å². The van der Waals surface area contributed by atoms with Crippen molar-refractivity contribution in [1.82, 2.24) is 0 Å². The molecule has 0 fully saturated rings. The summed E-state index contributed by atoms with van der Waals surface area (Å²) < 4.78 is 26.9. The molecule has 0 heterocycles. The molecule has 1 aromatic carbocycles. The minimum absolute atomic E-state index is 0.130. The molecule has 0 atom stereocenters. The Morgan fingerprint density at radius 2 is 1.73 bits per heavy atom. The number of rotatable bonds is 3. The van der Waals surface area contributed by atoms with Gasteiger partial charge in [0.25, 0.3) is 10.0 Å². The van der Waals surface area contributed by atoms with Gasteiger partial charge in [-0.25, -0.2) is 0 Å². The quantitative estimate of drug-likeness (QED) is 0.742. The Bertz CT molecular complexity index is 444. The first-order valence-electron chi connectivity index (χ1n) is 4.79. The molecule has 0 unspecified atom stereocenters. The third-order valence-corrected chi connectivity index (χ3v) is 3.08. The highest BCUT2D eigenvalue weighted by Crippen LogP contribution is 2.12. The van der Waals surface area contributed by atoms with Gasteiger partial charge in [0.2, 0.25) is 0 Å². The molecule has 0 aliphatic carbocycles. The Morgan fingerprint density at radius 3 is 2.20 bits per heavy atom. The fraction of sp³-hybridized carbons (Fsp3) is 0.364. The highest BCUT2D eigenvalue weighted by molar-refractivity contribution is 7.90. The van der Waals surface area contributed by atoms with Crippen molar-refractivity contribution in [3.8, 4) is 0 Å². The molecule has 0 spiro atoms. The first-order chi connectivity index (χ1) is 6.92. The SMILES string of the molecule is Cc1ccc(S(=O)(=O)N=CC(C)C)cc1. The van der Waals surface area contributed by atoms with Gasteiger partial charge in [-0.05, 0) is 25.0 Å². The minimum atomic E-state index is -3.50. The van der Waals surface area contributed by atoms with Crippen LogP contribution in [0.5, 0.6) is 0 Å². The van der Waals surface area contributed by atoms with Gasteiger partial charge >= 0.3 is 0 Å². The molecular formula is C11H15NO2S. The molecule has 0 bridgehead atoms. The lowest BCUT2D eigenvalue weighted by atomic mass is 10.2. The van der Waals surface area contributed by atoms with Gasteiger partial charge in [-0.15, -0.1) is 0 Å². The minimum Gasteiger partial charge on any atom is -0.199 e. The maximum absolute atomic E-state index is 11.7. The van der Waals surface area contributed by atoms with Crippen LogP contribution in [0.1, 0.15) is 19.4 Å². The fourth-order valence-electron chi connectivity index (χ4n) is 0.973. The number of aryl methyl sites for hydroxylation is 1. The van der Waals surface area contributed by atoms with Crippen LogP contribution in [0.25, 0.3) is 0 Å². The van der Waals surface area contributed by atoms with Crippen LogP contribution in [-0.2, 0) is 10.0 Å². The first kappa shape index (κ1) is 11.9. The van der Waals surface area contributed by atoms with Crippen molar-refractivity contribution in [3.63, 3.8) is 0 Å². The summed E-state index contributed by atoms with van der Waals surface area (Å²) in [6.07, 6.45) is 1.44. The molecule has 4 heteroatoms. The summed E-state index contributed by atoms with van der Waals surface area (Å²) >= 11 is 0. The van der Waals surface area contributed by atoms with E-state index in [4.69, 9.17) is 0 Å². The number of hydrogen-bond donors (Lipinski definition) is 0. The third kappa shape index (κ3) is 3.47.